The summed E-state index contributed by atoms with van der Waals surface area (Å²) < 4.78 is 10.4. The predicted molar refractivity (Wildman–Crippen MR) is 72.7 cm³/mol. The summed E-state index contributed by atoms with van der Waals surface area (Å²) in [4.78, 5) is 11.0. The van der Waals surface area contributed by atoms with Gasteiger partial charge in [0.25, 0.3) is 5.89 Å². The minimum Gasteiger partial charge on any atom is -0.480 e. The topological polar surface area (TPSA) is 89.4 Å². The lowest BCUT2D eigenvalue weighted by molar-refractivity contribution is -0.138. The Hall–Kier alpha value is -1.28. The Labute approximate surface area is 121 Å². The van der Waals surface area contributed by atoms with E-state index in [1.54, 1.807) is 26.0 Å². The molecule has 0 aliphatic heterocycles. The van der Waals surface area contributed by atoms with Gasteiger partial charge in [-0.3, -0.25) is 4.79 Å². The van der Waals surface area contributed by atoms with Crippen LogP contribution in [0.5, 0.6) is 0 Å². The SMILES string of the molecule is CC(C)(SCc1nnc(-c2ccc(Br)o2)o1)C(=O)O. The molecule has 0 bridgehead atoms. The Morgan fingerprint density at radius 1 is 1.42 bits per heavy atom. The Balaban J connectivity index is 2.04. The number of carboxylic acid groups (broad SMARTS) is 1. The van der Waals surface area contributed by atoms with Crippen LogP contribution in [-0.2, 0) is 10.5 Å². The lowest BCUT2D eigenvalue weighted by atomic mass is 10.2. The van der Waals surface area contributed by atoms with Crippen molar-refractivity contribution in [2.75, 3.05) is 0 Å². The van der Waals surface area contributed by atoms with Crippen LogP contribution < -0.4 is 0 Å². The van der Waals surface area contributed by atoms with E-state index in [1.807, 2.05) is 0 Å². The van der Waals surface area contributed by atoms with E-state index in [4.69, 9.17) is 13.9 Å². The second-order valence-corrected chi connectivity index (χ2v) is 6.59. The number of furan rings is 1. The van der Waals surface area contributed by atoms with Gasteiger partial charge in [-0.25, -0.2) is 0 Å². The molecular weight excluding hydrogens is 336 g/mol. The van der Waals surface area contributed by atoms with E-state index in [0.717, 1.165) is 0 Å². The maximum Gasteiger partial charge on any atom is 0.319 e. The molecule has 19 heavy (non-hydrogen) atoms. The minimum absolute atomic E-state index is 0.273. The number of hydrogen-bond acceptors (Lipinski definition) is 6. The number of carboxylic acids is 1. The average molecular weight is 347 g/mol. The van der Waals surface area contributed by atoms with Crippen LogP contribution in [0.4, 0.5) is 0 Å². The van der Waals surface area contributed by atoms with Crippen molar-refractivity contribution in [1.29, 1.82) is 0 Å². The van der Waals surface area contributed by atoms with Crippen molar-refractivity contribution in [3.8, 4) is 11.7 Å². The molecule has 2 heterocycles. The molecule has 0 fully saturated rings. The quantitative estimate of drug-likeness (QED) is 0.888. The van der Waals surface area contributed by atoms with Crippen molar-refractivity contribution >= 4 is 33.7 Å². The smallest absolute Gasteiger partial charge is 0.319 e. The molecule has 0 aromatic carbocycles. The van der Waals surface area contributed by atoms with E-state index in [0.29, 0.717) is 22.1 Å². The maximum absolute atomic E-state index is 11.0. The van der Waals surface area contributed by atoms with Crippen LogP contribution in [0.25, 0.3) is 11.7 Å². The zero-order chi connectivity index (χ0) is 14.0. The van der Waals surface area contributed by atoms with E-state index in [2.05, 4.69) is 26.1 Å². The summed E-state index contributed by atoms with van der Waals surface area (Å²) in [5.74, 6) is 0.547. The fourth-order valence-electron chi connectivity index (χ4n) is 1.14. The second kappa shape index (κ2) is 5.38. The molecule has 8 heteroatoms. The van der Waals surface area contributed by atoms with Crippen LogP contribution in [0.2, 0.25) is 0 Å². The molecule has 0 aliphatic carbocycles. The van der Waals surface area contributed by atoms with Crippen LogP contribution in [0.15, 0.2) is 25.6 Å². The highest BCUT2D eigenvalue weighted by Gasteiger charge is 2.28. The normalized spacial score (nSPS) is 11.7. The molecule has 0 aliphatic rings. The van der Waals surface area contributed by atoms with Gasteiger partial charge in [0.1, 0.15) is 4.75 Å². The van der Waals surface area contributed by atoms with E-state index in [1.165, 1.54) is 11.8 Å². The van der Waals surface area contributed by atoms with Crippen molar-refractivity contribution in [2.24, 2.45) is 0 Å². The first-order valence-electron chi connectivity index (χ1n) is 5.34. The molecule has 0 unspecified atom stereocenters. The molecule has 2 aromatic rings. The summed E-state index contributed by atoms with van der Waals surface area (Å²) in [6.45, 7) is 3.25. The number of rotatable bonds is 5. The second-order valence-electron chi connectivity index (χ2n) is 4.21. The molecule has 6 nitrogen and oxygen atoms in total. The third-order valence-corrected chi connectivity index (χ3v) is 4.04. The molecule has 0 saturated carbocycles. The predicted octanol–water partition coefficient (Wildman–Crippen LogP) is 3.19. The van der Waals surface area contributed by atoms with Crippen LogP contribution in [-0.4, -0.2) is 26.0 Å². The zero-order valence-electron chi connectivity index (χ0n) is 10.2. The first-order valence-corrected chi connectivity index (χ1v) is 7.12. The third kappa shape index (κ3) is 3.38. The molecule has 0 atom stereocenters. The number of hydrogen-bond donors (Lipinski definition) is 1. The number of halogens is 1. The van der Waals surface area contributed by atoms with E-state index < -0.39 is 10.7 Å². The summed E-state index contributed by atoms with van der Waals surface area (Å²) >= 11 is 4.40. The standard InChI is InChI=1S/C11H11BrN2O4S/c1-11(2,10(15)16)19-5-8-13-14-9(18-8)6-3-4-7(12)17-6/h3-4H,5H2,1-2H3,(H,15,16). The van der Waals surface area contributed by atoms with E-state index in [-0.39, 0.29) is 5.89 Å². The van der Waals surface area contributed by atoms with Crippen molar-refractivity contribution < 1.29 is 18.7 Å². The van der Waals surface area contributed by atoms with Gasteiger partial charge in [0.15, 0.2) is 10.4 Å². The van der Waals surface area contributed by atoms with Crippen molar-refractivity contribution in [1.82, 2.24) is 10.2 Å². The molecular formula is C11H11BrN2O4S. The number of thioether (sulfide) groups is 1. The van der Waals surface area contributed by atoms with E-state index >= 15 is 0 Å². The fourth-order valence-corrected chi connectivity index (χ4v) is 2.18. The molecule has 1 N–H and O–H groups in total. The average Bonchev–Trinajstić information content (AvgIpc) is 2.94. The molecule has 0 radical (unpaired) electrons. The molecule has 2 aromatic heterocycles. The van der Waals surface area contributed by atoms with Crippen molar-refractivity contribution in [3.63, 3.8) is 0 Å². The Morgan fingerprint density at radius 2 is 2.16 bits per heavy atom. The van der Waals surface area contributed by atoms with Gasteiger partial charge in [0.2, 0.25) is 5.89 Å². The fraction of sp³-hybridized carbons (Fsp3) is 0.364. The number of aromatic nitrogens is 2. The highest BCUT2D eigenvalue weighted by atomic mass is 79.9. The lowest BCUT2D eigenvalue weighted by Crippen LogP contribution is -2.27. The molecule has 0 saturated heterocycles. The number of carbonyl (C=O) groups is 1. The summed E-state index contributed by atoms with van der Waals surface area (Å²) in [5.41, 5.74) is 0. The summed E-state index contributed by atoms with van der Waals surface area (Å²) in [6, 6.07) is 3.43. The highest BCUT2D eigenvalue weighted by Crippen LogP contribution is 2.29. The first kappa shape index (κ1) is 14.1. The van der Waals surface area contributed by atoms with Gasteiger partial charge in [0.05, 0.1) is 5.75 Å². The summed E-state index contributed by atoms with van der Waals surface area (Å²) in [5, 5.41) is 16.7. The maximum atomic E-state index is 11.0. The largest absolute Gasteiger partial charge is 0.480 e. The van der Waals surface area contributed by atoms with Crippen molar-refractivity contribution in [2.45, 2.75) is 24.3 Å². The van der Waals surface area contributed by atoms with Gasteiger partial charge in [-0.1, -0.05) is 0 Å². The van der Waals surface area contributed by atoms with Crippen LogP contribution in [0, 0.1) is 0 Å². The Kier molecular flexibility index (Phi) is 4.00. The minimum atomic E-state index is -0.900. The number of aliphatic carboxylic acids is 1. The Morgan fingerprint density at radius 3 is 2.74 bits per heavy atom. The van der Waals surface area contributed by atoms with Gasteiger partial charge < -0.3 is 13.9 Å². The van der Waals surface area contributed by atoms with Gasteiger partial charge >= 0.3 is 5.97 Å². The summed E-state index contributed by atoms with van der Waals surface area (Å²) in [6.07, 6.45) is 0. The molecule has 2 rings (SSSR count). The van der Waals surface area contributed by atoms with Crippen LogP contribution in [0.1, 0.15) is 19.7 Å². The molecule has 102 valence electrons. The molecule has 0 amide bonds. The van der Waals surface area contributed by atoms with E-state index in [9.17, 15) is 4.79 Å². The first-order chi connectivity index (χ1) is 8.88. The van der Waals surface area contributed by atoms with Gasteiger partial charge in [0, 0.05) is 0 Å². The monoisotopic (exact) mass is 346 g/mol. The summed E-state index contributed by atoms with van der Waals surface area (Å²) in [7, 11) is 0. The van der Waals surface area contributed by atoms with Crippen molar-refractivity contribution in [3.05, 3.63) is 22.7 Å². The molecule has 0 spiro atoms. The van der Waals surface area contributed by atoms with Gasteiger partial charge in [-0.2, -0.15) is 0 Å². The Bertz CT molecular complexity index is 593. The van der Waals surface area contributed by atoms with Crippen LogP contribution in [0.3, 0.4) is 0 Å². The third-order valence-electron chi connectivity index (χ3n) is 2.32. The van der Waals surface area contributed by atoms with Gasteiger partial charge in [-0.15, -0.1) is 22.0 Å². The van der Waals surface area contributed by atoms with Gasteiger partial charge in [-0.05, 0) is 41.9 Å². The van der Waals surface area contributed by atoms with Crippen LogP contribution >= 0.6 is 27.7 Å². The number of nitrogens with zero attached hydrogens (tertiary/aromatic N) is 2. The highest BCUT2D eigenvalue weighted by molar-refractivity contribution is 9.10. The lowest BCUT2D eigenvalue weighted by Gasteiger charge is -2.16. The zero-order valence-corrected chi connectivity index (χ0v) is 12.6.